The number of benzene rings is 1. The molecule has 0 bridgehead atoms. The molecule has 9 nitrogen and oxygen atoms in total. The molecule has 1 amide bonds. The number of amides is 1. The monoisotopic (exact) mass is 503 g/mol. The zero-order valence-corrected chi connectivity index (χ0v) is 20.7. The van der Waals surface area contributed by atoms with Crippen molar-refractivity contribution >= 4 is 40.2 Å². The van der Waals surface area contributed by atoms with Crippen LogP contribution in [0.1, 0.15) is 34.1 Å². The SMILES string of the molecule is CCOc1ccc(Nc2ncnc3ccc(O[C@H]4CCN(C(=O)OC(C)(C)C)C4)nc23)c(F)c1Cl. The summed E-state index contributed by atoms with van der Waals surface area (Å²) in [6.45, 7) is 8.56. The molecular formula is C24H27ClFN5O4. The number of nitrogens with one attached hydrogen (secondary N) is 1. The Kier molecular flexibility index (Phi) is 7.11. The van der Waals surface area contributed by atoms with Gasteiger partial charge >= 0.3 is 6.09 Å². The van der Waals surface area contributed by atoms with Gasteiger partial charge in [0.05, 0.1) is 24.4 Å². The Morgan fingerprint density at radius 3 is 2.80 bits per heavy atom. The minimum absolute atomic E-state index is 0.121. The molecule has 11 heteroatoms. The summed E-state index contributed by atoms with van der Waals surface area (Å²) in [5.74, 6) is 0.235. The smallest absolute Gasteiger partial charge is 0.410 e. The lowest BCUT2D eigenvalue weighted by molar-refractivity contribution is 0.0275. The summed E-state index contributed by atoms with van der Waals surface area (Å²) in [7, 11) is 0. The lowest BCUT2D eigenvalue weighted by Gasteiger charge is -2.24. The number of hydrogen-bond donors (Lipinski definition) is 1. The van der Waals surface area contributed by atoms with E-state index in [9.17, 15) is 9.18 Å². The second-order valence-corrected chi connectivity index (χ2v) is 9.37. The van der Waals surface area contributed by atoms with Crippen LogP contribution in [0.4, 0.5) is 20.7 Å². The van der Waals surface area contributed by atoms with Crippen LogP contribution < -0.4 is 14.8 Å². The third-order valence-electron chi connectivity index (χ3n) is 5.14. The van der Waals surface area contributed by atoms with E-state index in [2.05, 4.69) is 20.3 Å². The molecule has 2 aromatic heterocycles. The Balaban J connectivity index is 1.51. The van der Waals surface area contributed by atoms with E-state index < -0.39 is 11.4 Å². The first kappa shape index (κ1) is 24.7. The van der Waals surface area contributed by atoms with Crippen LogP contribution in [0, 0.1) is 5.82 Å². The maximum Gasteiger partial charge on any atom is 0.410 e. The maximum atomic E-state index is 14.8. The lowest BCUT2D eigenvalue weighted by Crippen LogP contribution is -2.36. The van der Waals surface area contributed by atoms with Gasteiger partial charge in [-0.2, -0.15) is 0 Å². The Hall–Kier alpha value is -3.40. The molecule has 1 atom stereocenters. The van der Waals surface area contributed by atoms with Crippen LogP contribution in [0.3, 0.4) is 0 Å². The zero-order chi connectivity index (χ0) is 25.2. The third kappa shape index (κ3) is 5.82. The molecule has 4 rings (SSSR count). The standard InChI is InChI=1S/C24H27ClFN5O4/c1-5-33-17-8-6-15(20(26)19(17)25)29-22-21-16(27-13-28-22)7-9-18(30-21)34-14-10-11-31(12-14)23(32)35-24(2,3)4/h6-9,13-14H,5,10-12H2,1-4H3,(H,27,28,29)/t14-/m0/s1. The quantitative estimate of drug-likeness (QED) is 0.480. The fraction of sp³-hybridized carbons (Fsp3) is 0.417. The van der Waals surface area contributed by atoms with Gasteiger partial charge in [-0.25, -0.2) is 24.1 Å². The number of hydrogen-bond acceptors (Lipinski definition) is 8. The molecule has 0 saturated carbocycles. The normalized spacial score (nSPS) is 15.8. The number of carbonyl (C=O) groups is 1. The first-order chi connectivity index (χ1) is 16.6. The third-order valence-corrected chi connectivity index (χ3v) is 5.49. The van der Waals surface area contributed by atoms with E-state index >= 15 is 0 Å². The molecule has 3 heterocycles. The molecule has 1 aliphatic heterocycles. The van der Waals surface area contributed by atoms with Gasteiger partial charge in [0, 0.05) is 19.0 Å². The Labute approximate surface area is 207 Å². The number of carbonyl (C=O) groups excluding carboxylic acids is 1. The van der Waals surface area contributed by atoms with Crippen LogP contribution in [0.5, 0.6) is 11.6 Å². The van der Waals surface area contributed by atoms with Crippen LogP contribution >= 0.6 is 11.6 Å². The van der Waals surface area contributed by atoms with Crippen molar-refractivity contribution in [2.75, 3.05) is 25.0 Å². The minimum atomic E-state index is -0.662. The topological polar surface area (TPSA) is 98.7 Å². The van der Waals surface area contributed by atoms with Gasteiger partial charge in [0.1, 0.15) is 34.3 Å². The summed E-state index contributed by atoms with van der Waals surface area (Å²) in [5.41, 5.74) is 0.507. The number of anilines is 2. The molecule has 0 unspecified atom stereocenters. The largest absolute Gasteiger partial charge is 0.492 e. The van der Waals surface area contributed by atoms with E-state index in [-0.39, 0.29) is 28.7 Å². The zero-order valence-electron chi connectivity index (χ0n) is 20.0. The fourth-order valence-corrected chi connectivity index (χ4v) is 3.81. The highest BCUT2D eigenvalue weighted by Gasteiger charge is 2.31. The van der Waals surface area contributed by atoms with Crippen molar-refractivity contribution in [1.82, 2.24) is 19.9 Å². The number of aromatic nitrogens is 3. The Morgan fingerprint density at radius 2 is 2.06 bits per heavy atom. The van der Waals surface area contributed by atoms with Crippen LogP contribution in [-0.2, 0) is 4.74 Å². The van der Waals surface area contributed by atoms with Crippen molar-refractivity contribution in [3.8, 4) is 11.6 Å². The van der Waals surface area contributed by atoms with E-state index in [1.165, 1.54) is 12.4 Å². The van der Waals surface area contributed by atoms with Crippen LogP contribution in [0.25, 0.3) is 11.0 Å². The van der Waals surface area contributed by atoms with Crippen molar-refractivity contribution in [2.45, 2.75) is 45.8 Å². The number of rotatable bonds is 6. The van der Waals surface area contributed by atoms with Gasteiger partial charge in [-0.1, -0.05) is 11.6 Å². The van der Waals surface area contributed by atoms with Gasteiger partial charge in [0.15, 0.2) is 11.6 Å². The highest BCUT2D eigenvalue weighted by atomic mass is 35.5. The Morgan fingerprint density at radius 1 is 1.26 bits per heavy atom. The minimum Gasteiger partial charge on any atom is -0.492 e. The van der Waals surface area contributed by atoms with Crippen LogP contribution in [0.2, 0.25) is 5.02 Å². The summed E-state index contributed by atoms with van der Waals surface area (Å²) in [4.78, 5) is 26.9. The molecule has 0 radical (unpaired) electrons. The molecule has 1 saturated heterocycles. The van der Waals surface area contributed by atoms with Gasteiger partial charge in [-0.05, 0) is 45.9 Å². The number of pyridine rings is 1. The summed E-state index contributed by atoms with van der Waals surface area (Å²) in [6.07, 6.45) is 1.39. The van der Waals surface area contributed by atoms with E-state index in [0.29, 0.717) is 48.8 Å². The van der Waals surface area contributed by atoms with Crippen LogP contribution in [-0.4, -0.2) is 57.3 Å². The van der Waals surface area contributed by atoms with Crippen molar-refractivity contribution in [3.05, 3.63) is 41.4 Å². The lowest BCUT2D eigenvalue weighted by atomic mass is 10.2. The van der Waals surface area contributed by atoms with Crippen molar-refractivity contribution in [2.24, 2.45) is 0 Å². The first-order valence-electron chi connectivity index (χ1n) is 11.3. The molecule has 1 fully saturated rings. The molecule has 0 spiro atoms. The highest BCUT2D eigenvalue weighted by Crippen LogP contribution is 2.34. The molecule has 1 aliphatic rings. The summed E-state index contributed by atoms with van der Waals surface area (Å²) >= 11 is 6.11. The fourth-order valence-electron chi connectivity index (χ4n) is 3.59. The van der Waals surface area contributed by atoms with Gasteiger partial charge in [-0.15, -0.1) is 0 Å². The summed E-state index contributed by atoms with van der Waals surface area (Å²) in [6, 6.07) is 6.54. The van der Waals surface area contributed by atoms with Gasteiger partial charge in [0.2, 0.25) is 5.88 Å². The molecule has 35 heavy (non-hydrogen) atoms. The molecule has 1 N–H and O–H groups in total. The summed E-state index contributed by atoms with van der Waals surface area (Å²) in [5, 5.41) is 2.81. The Bertz CT molecular complexity index is 1240. The average Bonchev–Trinajstić information content (AvgIpc) is 3.27. The van der Waals surface area contributed by atoms with E-state index in [4.69, 9.17) is 25.8 Å². The van der Waals surface area contributed by atoms with Gasteiger partial charge in [0.25, 0.3) is 0 Å². The number of likely N-dealkylation sites (tertiary alicyclic amines) is 1. The summed E-state index contributed by atoms with van der Waals surface area (Å²) < 4.78 is 31.6. The van der Waals surface area contributed by atoms with Crippen molar-refractivity contribution < 1.29 is 23.4 Å². The first-order valence-corrected chi connectivity index (χ1v) is 11.7. The second-order valence-electron chi connectivity index (χ2n) is 8.99. The molecular weight excluding hydrogens is 477 g/mol. The molecule has 0 aliphatic carbocycles. The molecule has 1 aromatic carbocycles. The second kappa shape index (κ2) is 10.1. The van der Waals surface area contributed by atoms with Crippen molar-refractivity contribution in [3.63, 3.8) is 0 Å². The van der Waals surface area contributed by atoms with E-state index in [0.717, 1.165) is 0 Å². The average molecular weight is 504 g/mol. The molecule has 3 aromatic rings. The number of nitrogens with zero attached hydrogens (tertiary/aromatic N) is 4. The van der Waals surface area contributed by atoms with Gasteiger partial charge < -0.3 is 24.4 Å². The van der Waals surface area contributed by atoms with Crippen molar-refractivity contribution in [1.29, 1.82) is 0 Å². The predicted molar refractivity (Wildman–Crippen MR) is 130 cm³/mol. The highest BCUT2D eigenvalue weighted by molar-refractivity contribution is 6.32. The predicted octanol–water partition coefficient (Wildman–Crippen LogP) is 5.35. The molecule has 186 valence electrons. The number of ether oxygens (including phenoxy) is 3. The number of halogens is 2. The van der Waals surface area contributed by atoms with Crippen LogP contribution in [0.15, 0.2) is 30.6 Å². The number of fused-ring (bicyclic) bond motifs is 1. The maximum absolute atomic E-state index is 14.8. The van der Waals surface area contributed by atoms with E-state index in [1.807, 2.05) is 20.8 Å². The van der Waals surface area contributed by atoms with Gasteiger partial charge in [-0.3, -0.25) is 0 Å². The van der Waals surface area contributed by atoms with E-state index in [1.54, 1.807) is 30.0 Å².